The predicted octanol–water partition coefficient (Wildman–Crippen LogP) is 2.20. The van der Waals surface area contributed by atoms with Crippen LogP contribution < -0.4 is 5.32 Å². The molecule has 0 radical (unpaired) electrons. The SMILES string of the molecule is COCC1(F)CC(C(=O)Nc2nc(Br)ccc2C)N(C(=O)O)C1. The summed E-state index contributed by atoms with van der Waals surface area (Å²) in [5.41, 5.74) is -1.17. The van der Waals surface area contributed by atoms with Crippen LogP contribution in [0.25, 0.3) is 0 Å². The van der Waals surface area contributed by atoms with Crippen LogP contribution >= 0.6 is 15.9 Å². The zero-order chi connectivity index (χ0) is 17.2. The highest BCUT2D eigenvalue weighted by Crippen LogP contribution is 2.32. The smallest absolute Gasteiger partial charge is 0.408 e. The van der Waals surface area contributed by atoms with Gasteiger partial charge in [0, 0.05) is 13.5 Å². The second kappa shape index (κ2) is 6.79. The second-order valence-corrected chi connectivity index (χ2v) is 6.32. The van der Waals surface area contributed by atoms with Crippen LogP contribution in [-0.4, -0.2) is 59.0 Å². The summed E-state index contributed by atoms with van der Waals surface area (Å²) in [5, 5.41) is 11.8. The van der Waals surface area contributed by atoms with Crippen molar-refractivity contribution < 1.29 is 23.8 Å². The van der Waals surface area contributed by atoms with Crippen molar-refractivity contribution in [3.63, 3.8) is 0 Å². The van der Waals surface area contributed by atoms with Crippen molar-refractivity contribution in [2.24, 2.45) is 0 Å². The van der Waals surface area contributed by atoms with E-state index in [1.807, 2.05) is 0 Å². The first-order chi connectivity index (χ1) is 10.8. The molecule has 2 rings (SSSR count). The molecule has 1 aromatic heterocycles. The number of halogens is 2. The summed E-state index contributed by atoms with van der Waals surface area (Å²) in [7, 11) is 1.33. The molecular formula is C14H17BrFN3O4. The molecule has 126 valence electrons. The Kier molecular flexibility index (Phi) is 5.20. The first-order valence-corrected chi connectivity index (χ1v) is 7.66. The highest BCUT2D eigenvalue weighted by molar-refractivity contribution is 9.10. The average Bonchev–Trinajstić information content (AvgIpc) is 2.81. The van der Waals surface area contributed by atoms with Gasteiger partial charge in [-0.25, -0.2) is 14.2 Å². The fourth-order valence-electron chi connectivity index (χ4n) is 2.57. The van der Waals surface area contributed by atoms with Crippen LogP contribution in [0, 0.1) is 6.92 Å². The predicted molar refractivity (Wildman–Crippen MR) is 84.2 cm³/mol. The molecule has 0 aromatic carbocycles. The second-order valence-electron chi connectivity index (χ2n) is 5.50. The minimum absolute atomic E-state index is 0.258. The fraction of sp³-hybridized carbons (Fsp3) is 0.500. The number of amides is 2. The van der Waals surface area contributed by atoms with Crippen molar-refractivity contribution >= 4 is 33.7 Å². The third-order valence-corrected chi connectivity index (χ3v) is 4.09. The Hall–Kier alpha value is -1.74. The number of hydrogen-bond acceptors (Lipinski definition) is 4. The van der Waals surface area contributed by atoms with Gasteiger partial charge in [0.1, 0.15) is 16.5 Å². The molecule has 1 fully saturated rings. The molecule has 0 saturated carbocycles. The number of aromatic nitrogens is 1. The molecular weight excluding hydrogens is 373 g/mol. The number of carbonyl (C=O) groups excluding carboxylic acids is 1. The normalized spacial score (nSPS) is 23.8. The molecule has 7 nitrogen and oxygen atoms in total. The average molecular weight is 390 g/mol. The maximum absolute atomic E-state index is 14.6. The van der Waals surface area contributed by atoms with E-state index in [0.717, 1.165) is 4.90 Å². The van der Waals surface area contributed by atoms with Gasteiger partial charge >= 0.3 is 6.09 Å². The number of carboxylic acid groups (broad SMARTS) is 1. The van der Waals surface area contributed by atoms with Crippen LogP contribution in [0.15, 0.2) is 16.7 Å². The molecule has 1 saturated heterocycles. The van der Waals surface area contributed by atoms with Crippen molar-refractivity contribution in [3.05, 3.63) is 22.3 Å². The highest BCUT2D eigenvalue weighted by atomic mass is 79.9. The quantitative estimate of drug-likeness (QED) is 0.770. The fourth-order valence-corrected chi connectivity index (χ4v) is 2.88. The lowest BCUT2D eigenvalue weighted by atomic mass is 10.0. The van der Waals surface area contributed by atoms with Crippen LogP contribution in [0.3, 0.4) is 0 Å². The molecule has 1 aliphatic heterocycles. The Morgan fingerprint density at radius 3 is 2.91 bits per heavy atom. The van der Waals surface area contributed by atoms with E-state index in [-0.39, 0.29) is 13.0 Å². The Bertz CT molecular complexity index is 630. The highest BCUT2D eigenvalue weighted by Gasteiger charge is 2.49. The Morgan fingerprint density at radius 1 is 1.61 bits per heavy atom. The summed E-state index contributed by atoms with van der Waals surface area (Å²) >= 11 is 3.20. The zero-order valence-electron chi connectivity index (χ0n) is 12.7. The Labute approximate surface area is 141 Å². The van der Waals surface area contributed by atoms with Gasteiger partial charge in [0.15, 0.2) is 5.67 Å². The number of likely N-dealkylation sites (tertiary alicyclic amines) is 1. The standard InChI is InChI=1S/C14H17BrFN3O4/c1-8-3-4-10(15)17-11(8)18-12(20)9-5-14(16,7-23-2)6-19(9)13(21)22/h3-4,9H,5-7H2,1-2H3,(H,21,22)(H,17,18,20). The van der Waals surface area contributed by atoms with Gasteiger partial charge in [-0.15, -0.1) is 0 Å². The van der Waals surface area contributed by atoms with E-state index in [9.17, 15) is 19.1 Å². The lowest BCUT2D eigenvalue weighted by molar-refractivity contribution is -0.120. The lowest BCUT2D eigenvalue weighted by Gasteiger charge is -2.20. The molecule has 1 aromatic rings. The van der Waals surface area contributed by atoms with Crippen molar-refractivity contribution in [2.75, 3.05) is 25.6 Å². The van der Waals surface area contributed by atoms with Crippen LogP contribution in [0.2, 0.25) is 0 Å². The number of carbonyl (C=O) groups is 2. The molecule has 0 spiro atoms. The van der Waals surface area contributed by atoms with Crippen molar-refractivity contribution in [3.8, 4) is 0 Å². The number of alkyl halides is 1. The Morgan fingerprint density at radius 2 is 2.30 bits per heavy atom. The van der Waals surface area contributed by atoms with Gasteiger partial charge in [-0.2, -0.15) is 0 Å². The van der Waals surface area contributed by atoms with Crippen molar-refractivity contribution in [1.29, 1.82) is 0 Å². The molecule has 0 bridgehead atoms. The number of hydrogen-bond donors (Lipinski definition) is 2. The van der Waals surface area contributed by atoms with E-state index < -0.39 is 30.3 Å². The van der Waals surface area contributed by atoms with Crippen LogP contribution in [-0.2, 0) is 9.53 Å². The monoisotopic (exact) mass is 389 g/mol. The summed E-state index contributed by atoms with van der Waals surface area (Å²) < 4.78 is 19.9. The number of aryl methyl sites for hydroxylation is 1. The summed E-state index contributed by atoms with van der Waals surface area (Å²) in [6, 6.07) is 2.34. The van der Waals surface area contributed by atoms with Crippen molar-refractivity contribution in [2.45, 2.75) is 25.1 Å². The Balaban J connectivity index is 2.19. The van der Waals surface area contributed by atoms with Gasteiger partial charge in [0.2, 0.25) is 5.91 Å². The molecule has 2 atom stereocenters. The van der Waals surface area contributed by atoms with Crippen LogP contribution in [0.5, 0.6) is 0 Å². The van der Waals surface area contributed by atoms with Gasteiger partial charge in [0.25, 0.3) is 0 Å². The molecule has 23 heavy (non-hydrogen) atoms. The van der Waals surface area contributed by atoms with E-state index in [1.54, 1.807) is 19.1 Å². The number of rotatable bonds is 4. The summed E-state index contributed by atoms with van der Waals surface area (Å²) in [5.74, 6) is -0.311. The van der Waals surface area contributed by atoms with E-state index >= 15 is 0 Å². The minimum Gasteiger partial charge on any atom is -0.465 e. The number of nitrogens with one attached hydrogen (secondary N) is 1. The lowest BCUT2D eigenvalue weighted by Crippen LogP contribution is -2.43. The number of anilines is 1. The van der Waals surface area contributed by atoms with E-state index in [2.05, 4.69) is 26.2 Å². The van der Waals surface area contributed by atoms with Gasteiger partial charge in [-0.05, 0) is 34.5 Å². The largest absolute Gasteiger partial charge is 0.465 e. The van der Waals surface area contributed by atoms with E-state index in [1.165, 1.54) is 7.11 Å². The summed E-state index contributed by atoms with van der Waals surface area (Å²) in [4.78, 5) is 28.6. The topological polar surface area (TPSA) is 91.8 Å². The van der Waals surface area contributed by atoms with Crippen LogP contribution in [0.4, 0.5) is 15.0 Å². The first-order valence-electron chi connectivity index (χ1n) is 6.87. The van der Waals surface area contributed by atoms with Gasteiger partial charge in [0.05, 0.1) is 13.2 Å². The zero-order valence-corrected chi connectivity index (χ0v) is 14.3. The maximum Gasteiger partial charge on any atom is 0.408 e. The molecule has 2 heterocycles. The molecule has 2 N–H and O–H groups in total. The summed E-state index contributed by atoms with van der Waals surface area (Å²) in [6.07, 6.45) is -1.61. The molecule has 1 aliphatic rings. The minimum atomic E-state index is -1.88. The van der Waals surface area contributed by atoms with Crippen LogP contribution in [0.1, 0.15) is 12.0 Å². The van der Waals surface area contributed by atoms with E-state index in [4.69, 9.17) is 4.74 Å². The molecule has 9 heteroatoms. The van der Waals surface area contributed by atoms with Gasteiger partial charge in [-0.3, -0.25) is 9.69 Å². The molecule has 2 unspecified atom stereocenters. The number of ether oxygens (including phenoxy) is 1. The van der Waals surface area contributed by atoms with Gasteiger partial charge in [-0.1, -0.05) is 6.07 Å². The third-order valence-electron chi connectivity index (χ3n) is 3.65. The van der Waals surface area contributed by atoms with Crippen molar-refractivity contribution in [1.82, 2.24) is 9.88 Å². The molecule has 0 aliphatic carbocycles. The van der Waals surface area contributed by atoms with E-state index in [0.29, 0.717) is 16.0 Å². The van der Waals surface area contributed by atoms with Gasteiger partial charge < -0.3 is 15.2 Å². The first kappa shape index (κ1) is 17.6. The number of methoxy groups -OCH3 is 1. The number of nitrogens with zero attached hydrogens (tertiary/aromatic N) is 2. The number of pyridine rings is 1. The summed E-state index contributed by atoms with van der Waals surface area (Å²) in [6.45, 7) is 1.08. The maximum atomic E-state index is 14.6. The molecule has 2 amide bonds. The third kappa shape index (κ3) is 3.97.